The monoisotopic (exact) mass is 209 g/mol. The summed E-state index contributed by atoms with van der Waals surface area (Å²) in [7, 11) is 0. The summed E-state index contributed by atoms with van der Waals surface area (Å²) < 4.78 is 0. The maximum absolute atomic E-state index is 11.6. The van der Waals surface area contributed by atoms with Gasteiger partial charge in [-0.15, -0.1) is 0 Å². The molecule has 3 unspecified atom stereocenters. The van der Waals surface area contributed by atoms with E-state index in [0.717, 1.165) is 24.7 Å². The summed E-state index contributed by atoms with van der Waals surface area (Å²) in [5.41, 5.74) is 5.69. The molecule has 2 N–H and O–H groups in total. The van der Waals surface area contributed by atoms with Crippen molar-refractivity contribution in [3.05, 3.63) is 0 Å². The van der Waals surface area contributed by atoms with Crippen LogP contribution < -0.4 is 5.73 Å². The minimum absolute atomic E-state index is 0.0898. The lowest BCUT2D eigenvalue weighted by Crippen LogP contribution is -2.48. The summed E-state index contributed by atoms with van der Waals surface area (Å²) >= 11 is 0. The molecule has 2 heteroatoms. The molecule has 0 aromatic carbocycles. The van der Waals surface area contributed by atoms with Gasteiger partial charge in [0.25, 0.3) is 0 Å². The number of primary amides is 1. The van der Waals surface area contributed by atoms with Crippen LogP contribution in [0.3, 0.4) is 0 Å². The van der Waals surface area contributed by atoms with Gasteiger partial charge < -0.3 is 5.73 Å². The highest BCUT2D eigenvalue weighted by Crippen LogP contribution is 2.56. The molecule has 0 aromatic heterocycles. The van der Waals surface area contributed by atoms with Crippen LogP contribution >= 0.6 is 0 Å². The van der Waals surface area contributed by atoms with Crippen molar-refractivity contribution in [3.8, 4) is 0 Å². The molecule has 0 aromatic rings. The molecule has 2 aliphatic rings. The molecule has 2 bridgehead atoms. The minimum Gasteiger partial charge on any atom is -0.369 e. The van der Waals surface area contributed by atoms with E-state index in [4.69, 9.17) is 5.73 Å². The highest BCUT2D eigenvalue weighted by Gasteiger charge is 2.49. The first-order valence-electron chi connectivity index (χ1n) is 6.13. The van der Waals surface area contributed by atoms with Crippen LogP contribution in [0, 0.1) is 22.7 Å². The van der Waals surface area contributed by atoms with Crippen LogP contribution in [0.1, 0.15) is 52.9 Å². The Balaban J connectivity index is 2.23. The van der Waals surface area contributed by atoms with Crippen LogP contribution in [-0.4, -0.2) is 5.91 Å². The standard InChI is InChI=1S/C13H23NO/c1-9-4-10-6-12(2,5-9)8-13(3,7-10)11(14)15/h9-10H,4-8H2,1-3H3,(H2,14,15)/t9?,10?,12-,13?/m1/s1. The van der Waals surface area contributed by atoms with Crippen molar-refractivity contribution < 1.29 is 4.79 Å². The number of fused-ring (bicyclic) bond motifs is 2. The van der Waals surface area contributed by atoms with Gasteiger partial charge in [-0.3, -0.25) is 4.79 Å². The summed E-state index contributed by atoms with van der Waals surface area (Å²) in [5, 5.41) is 0. The van der Waals surface area contributed by atoms with Crippen LogP contribution in [0.4, 0.5) is 0 Å². The molecule has 1 amide bonds. The first-order valence-corrected chi connectivity index (χ1v) is 6.13. The average molecular weight is 209 g/mol. The maximum Gasteiger partial charge on any atom is 0.223 e. The van der Waals surface area contributed by atoms with Gasteiger partial charge in [0.05, 0.1) is 0 Å². The van der Waals surface area contributed by atoms with Gasteiger partial charge >= 0.3 is 0 Å². The van der Waals surface area contributed by atoms with Gasteiger partial charge in [0.15, 0.2) is 0 Å². The number of nitrogens with two attached hydrogens (primary N) is 1. The van der Waals surface area contributed by atoms with Gasteiger partial charge in [-0.25, -0.2) is 0 Å². The smallest absolute Gasteiger partial charge is 0.223 e. The van der Waals surface area contributed by atoms with Crippen molar-refractivity contribution in [1.29, 1.82) is 0 Å². The lowest BCUT2D eigenvalue weighted by molar-refractivity contribution is -0.135. The predicted molar refractivity (Wildman–Crippen MR) is 61.1 cm³/mol. The Labute approximate surface area is 92.6 Å². The SMILES string of the molecule is CC1CC2CC(C)(C(N)=O)C[C@](C)(C1)C2. The Bertz CT molecular complexity index is 284. The Hall–Kier alpha value is -0.530. The molecule has 0 heterocycles. The van der Waals surface area contributed by atoms with Gasteiger partial charge in [0.2, 0.25) is 5.91 Å². The molecule has 4 atom stereocenters. The average Bonchev–Trinajstić information content (AvgIpc) is 1.97. The van der Waals surface area contributed by atoms with Crippen molar-refractivity contribution in [2.75, 3.05) is 0 Å². The fourth-order valence-electron chi connectivity index (χ4n) is 4.50. The summed E-state index contributed by atoms with van der Waals surface area (Å²) in [5.74, 6) is 1.46. The number of amides is 1. The van der Waals surface area contributed by atoms with Crippen LogP contribution in [0.2, 0.25) is 0 Å². The third-order valence-corrected chi connectivity index (χ3v) is 4.51. The number of hydrogen-bond donors (Lipinski definition) is 1. The largest absolute Gasteiger partial charge is 0.369 e. The molecule has 2 rings (SSSR count). The van der Waals surface area contributed by atoms with Crippen LogP contribution in [0.15, 0.2) is 0 Å². The van der Waals surface area contributed by atoms with Crippen LogP contribution in [0.5, 0.6) is 0 Å². The summed E-state index contributed by atoms with van der Waals surface area (Å²) in [6.07, 6.45) is 5.88. The van der Waals surface area contributed by atoms with E-state index in [1.807, 2.05) is 0 Å². The Morgan fingerprint density at radius 1 is 1.27 bits per heavy atom. The topological polar surface area (TPSA) is 43.1 Å². The molecule has 86 valence electrons. The van der Waals surface area contributed by atoms with Crippen molar-refractivity contribution in [1.82, 2.24) is 0 Å². The molecule has 0 aliphatic heterocycles. The van der Waals surface area contributed by atoms with Crippen LogP contribution in [0.25, 0.3) is 0 Å². The third-order valence-electron chi connectivity index (χ3n) is 4.51. The first kappa shape index (κ1) is 11.0. The number of carbonyl (C=O) groups excluding carboxylic acids is 1. The quantitative estimate of drug-likeness (QED) is 0.709. The molecular weight excluding hydrogens is 186 g/mol. The van der Waals surface area contributed by atoms with Gasteiger partial charge in [-0.1, -0.05) is 20.8 Å². The van der Waals surface area contributed by atoms with E-state index in [9.17, 15) is 4.79 Å². The number of carbonyl (C=O) groups is 1. The lowest BCUT2D eigenvalue weighted by atomic mass is 9.53. The number of hydrogen-bond acceptors (Lipinski definition) is 1. The normalized spacial score (nSPS) is 50.1. The number of rotatable bonds is 1. The second kappa shape index (κ2) is 3.23. The Morgan fingerprint density at radius 3 is 2.47 bits per heavy atom. The fourth-order valence-corrected chi connectivity index (χ4v) is 4.50. The molecular formula is C13H23NO. The summed E-state index contributed by atoms with van der Waals surface area (Å²) in [6.45, 7) is 6.75. The molecule has 2 aliphatic carbocycles. The second-order valence-electron chi connectivity index (χ2n) is 6.73. The highest BCUT2D eigenvalue weighted by molar-refractivity contribution is 5.80. The highest BCUT2D eigenvalue weighted by atomic mass is 16.1. The fraction of sp³-hybridized carbons (Fsp3) is 0.923. The predicted octanol–water partition coefficient (Wildman–Crippen LogP) is 2.71. The van der Waals surface area contributed by atoms with Gasteiger partial charge in [-0.05, 0) is 49.4 Å². The van der Waals surface area contributed by atoms with E-state index in [1.165, 1.54) is 19.3 Å². The molecule has 0 saturated heterocycles. The van der Waals surface area contributed by atoms with E-state index in [2.05, 4.69) is 20.8 Å². The molecule has 0 radical (unpaired) electrons. The van der Waals surface area contributed by atoms with E-state index in [0.29, 0.717) is 5.41 Å². The lowest BCUT2D eigenvalue weighted by Gasteiger charge is -2.52. The van der Waals surface area contributed by atoms with Crippen molar-refractivity contribution in [2.45, 2.75) is 52.9 Å². The van der Waals surface area contributed by atoms with E-state index in [1.54, 1.807) is 0 Å². The zero-order chi connectivity index (χ0) is 11.3. The van der Waals surface area contributed by atoms with Gasteiger partial charge in [0, 0.05) is 5.41 Å². The molecule has 2 nitrogen and oxygen atoms in total. The molecule has 15 heavy (non-hydrogen) atoms. The maximum atomic E-state index is 11.6. The van der Waals surface area contributed by atoms with E-state index in [-0.39, 0.29) is 11.3 Å². The molecule has 2 saturated carbocycles. The molecule has 0 spiro atoms. The zero-order valence-electron chi connectivity index (χ0n) is 10.2. The van der Waals surface area contributed by atoms with Crippen molar-refractivity contribution in [2.24, 2.45) is 28.4 Å². The minimum atomic E-state index is -0.238. The molecule has 2 fully saturated rings. The zero-order valence-corrected chi connectivity index (χ0v) is 10.2. The van der Waals surface area contributed by atoms with Gasteiger partial charge in [-0.2, -0.15) is 0 Å². The van der Waals surface area contributed by atoms with E-state index >= 15 is 0 Å². The van der Waals surface area contributed by atoms with Crippen molar-refractivity contribution >= 4 is 5.91 Å². The first-order chi connectivity index (χ1) is 6.83. The van der Waals surface area contributed by atoms with Gasteiger partial charge in [0.1, 0.15) is 0 Å². The summed E-state index contributed by atoms with van der Waals surface area (Å²) in [6, 6.07) is 0. The second-order valence-corrected chi connectivity index (χ2v) is 6.73. The van der Waals surface area contributed by atoms with Crippen molar-refractivity contribution in [3.63, 3.8) is 0 Å². The Kier molecular flexibility index (Phi) is 2.36. The van der Waals surface area contributed by atoms with E-state index < -0.39 is 0 Å². The Morgan fingerprint density at radius 2 is 1.93 bits per heavy atom. The summed E-state index contributed by atoms with van der Waals surface area (Å²) in [4.78, 5) is 11.6. The van der Waals surface area contributed by atoms with Crippen LogP contribution in [-0.2, 0) is 4.79 Å². The third kappa shape index (κ3) is 1.91.